The van der Waals surface area contributed by atoms with Gasteiger partial charge >= 0.3 is 0 Å². The maximum Gasteiger partial charge on any atom is 0.232 e. The minimum absolute atomic E-state index is 0.174. The first-order valence-corrected chi connectivity index (χ1v) is 9.97. The van der Waals surface area contributed by atoms with Gasteiger partial charge in [0.25, 0.3) is 0 Å². The molecule has 0 bridgehead atoms. The molecule has 2 atom stereocenters. The Hall–Kier alpha value is -1.04. The lowest BCUT2D eigenvalue weighted by Crippen LogP contribution is -2.60. The molecule has 0 unspecified atom stereocenters. The molecule has 2 aliphatic heterocycles. The largest absolute Gasteiger partial charge is 0.389 e. The molecule has 1 aromatic carbocycles. The number of nitrogens with zero attached hydrogens (tertiary/aromatic N) is 1. The summed E-state index contributed by atoms with van der Waals surface area (Å²) >= 11 is 1.68. The van der Waals surface area contributed by atoms with Gasteiger partial charge in [-0.25, -0.2) is 0 Å². The van der Waals surface area contributed by atoms with Crippen molar-refractivity contribution in [3.63, 3.8) is 0 Å². The molecule has 2 fully saturated rings. The lowest BCUT2D eigenvalue weighted by Gasteiger charge is -2.47. The first kappa shape index (κ1) is 17.8. The molecular formula is C19H28N2O2S. The number of thioether (sulfide) groups is 1. The second-order valence-corrected chi connectivity index (χ2v) is 8.32. The number of rotatable bonds is 4. The van der Waals surface area contributed by atoms with Crippen molar-refractivity contribution < 1.29 is 9.90 Å². The number of likely N-dealkylation sites (tertiary alicyclic amines) is 1. The number of aryl methyl sites for hydroxylation is 2. The quantitative estimate of drug-likeness (QED) is 0.875. The lowest BCUT2D eigenvalue weighted by molar-refractivity contribution is -0.139. The average molecular weight is 349 g/mol. The molecule has 1 aromatic rings. The van der Waals surface area contributed by atoms with E-state index in [0.717, 1.165) is 25.3 Å². The Balaban J connectivity index is 1.49. The summed E-state index contributed by atoms with van der Waals surface area (Å²) in [4.78, 5) is 14.4. The van der Waals surface area contributed by atoms with E-state index in [0.29, 0.717) is 25.3 Å². The predicted octanol–water partition coefficient (Wildman–Crippen LogP) is 2.11. The summed E-state index contributed by atoms with van der Waals surface area (Å²) < 4.78 is 0. The van der Waals surface area contributed by atoms with Gasteiger partial charge in [0.2, 0.25) is 5.91 Å². The van der Waals surface area contributed by atoms with Crippen molar-refractivity contribution in [2.24, 2.45) is 5.92 Å². The van der Waals surface area contributed by atoms with E-state index in [-0.39, 0.29) is 11.8 Å². The minimum Gasteiger partial charge on any atom is -0.389 e. The normalized spacial score (nSPS) is 27.0. The maximum atomic E-state index is 12.5. The van der Waals surface area contributed by atoms with Crippen LogP contribution in [0.25, 0.3) is 0 Å². The van der Waals surface area contributed by atoms with Gasteiger partial charge in [-0.1, -0.05) is 29.3 Å². The summed E-state index contributed by atoms with van der Waals surface area (Å²) in [6.45, 7) is 7.30. The van der Waals surface area contributed by atoms with Crippen molar-refractivity contribution in [2.45, 2.75) is 38.0 Å². The van der Waals surface area contributed by atoms with Crippen LogP contribution < -0.4 is 5.32 Å². The Labute approximate surface area is 149 Å². The Bertz CT molecular complexity index is 587. The molecule has 2 N–H and O–H groups in total. The number of carbonyl (C=O) groups excluding carboxylic acids is 1. The van der Waals surface area contributed by atoms with Crippen LogP contribution in [-0.2, 0) is 10.5 Å². The highest BCUT2D eigenvalue weighted by Gasteiger charge is 2.43. The summed E-state index contributed by atoms with van der Waals surface area (Å²) in [5, 5.41) is 14.0. The van der Waals surface area contributed by atoms with Crippen LogP contribution in [0.1, 0.15) is 29.5 Å². The fourth-order valence-electron chi connectivity index (χ4n) is 3.95. The molecule has 5 heteroatoms. The van der Waals surface area contributed by atoms with Crippen LogP contribution in [0.3, 0.4) is 0 Å². The highest BCUT2D eigenvalue weighted by molar-refractivity contribution is 7.99. The number of piperidine rings is 2. The smallest absolute Gasteiger partial charge is 0.232 e. The van der Waals surface area contributed by atoms with Gasteiger partial charge < -0.3 is 15.3 Å². The van der Waals surface area contributed by atoms with Crippen LogP contribution in [0.4, 0.5) is 0 Å². The first-order chi connectivity index (χ1) is 11.5. The van der Waals surface area contributed by atoms with E-state index in [2.05, 4.69) is 37.4 Å². The summed E-state index contributed by atoms with van der Waals surface area (Å²) in [7, 11) is 0. The first-order valence-electron chi connectivity index (χ1n) is 8.82. The number of hydrogen-bond acceptors (Lipinski definition) is 4. The zero-order valence-corrected chi connectivity index (χ0v) is 15.5. The van der Waals surface area contributed by atoms with Gasteiger partial charge in [-0.15, -0.1) is 11.8 Å². The zero-order chi connectivity index (χ0) is 17.2. The summed E-state index contributed by atoms with van der Waals surface area (Å²) in [5.41, 5.74) is 3.28. The van der Waals surface area contributed by atoms with E-state index < -0.39 is 5.60 Å². The molecule has 0 spiro atoms. The van der Waals surface area contributed by atoms with Gasteiger partial charge in [0.15, 0.2) is 0 Å². The summed E-state index contributed by atoms with van der Waals surface area (Å²) in [6.07, 6.45) is 1.52. The number of nitrogens with one attached hydrogen (secondary N) is 1. The van der Waals surface area contributed by atoms with Crippen molar-refractivity contribution in [1.29, 1.82) is 0 Å². The third kappa shape index (κ3) is 4.13. The standard InChI is InChI=1S/C19H28N2O2S/c1-14-7-15(2)9-16(8-14)12-24-13-18(22)21-6-4-19(23)3-5-20-10-17(19)11-21/h7-9,17,20,23H,3-6,10-13H2,1-2H3/t17-,19-/m0/s1. The van der Waals surface area contributed by atoms with Crippen LogP contribution in [0.5, 0.6) is 0 Å². The van der Waals surface area contributed by atoms with Crippen LogP contribution in [0.15, 0.2) is 18.2 Å². The predicted molar refractivity (Wildman–Crippen MR) is 99.2 cm³/mol. The number of fused-ring (bicyclic) bond motifs is 1. The van der Waals surface area contributed by atoms with E-state index >= 15 is 0 Å². The van der Waals surface area contributed by atoms with Gasteiger partial charge in [-0.2, -0.15) is 0 Å². The van der Waals surface area contributed by atoms with E-state index in [1.54, 1.807) is 11.8 Å². The van der Waals surface area contributed by atoms with Gasteiger partial charge in [-0.05, 0) is 38.8 Å². The number of amides is 1. The molecule has 0 aromatic heterocycles. The molecule has 1 amide bonds. The van der Waals surface area contributed by atoms with Gasteiger partial charge in [0, 0.05) is 31.3 Å². The van der Waals surface area contributed by atoms with Gasteiger partial charge in [0.05, 0.1) is 11.4 Å². The van der Waals surface area contributed by atoms with Crippen LogP contribution in [0, 0.1) is 19.8 Å². The molecule has 2 saturated heterocycles. The molecule has 132 valence electrons. The number of hydrogen-bond donors (Lipinski definition) is 2. The highest BCUT2D eigenvalue weighted by Crippen LogP contribution is 2.33. The maximum absolute atomic E-state index is 12.5. The van der Waals surface area contributed by atoms with Crippen molar-refractivity contribution in [3.05, 3.63) is 34.9 Å². The molecule has 24 heavy (non-hydrogen) atoms. The molecule has 0 radical (unpaired) electrons. The molecule has 3 rings (SSSR count). The average Bonchev–Trinajstić information content (AvgIpc) is 2.53. The fourth-order valence-corrected chi connectivity index (χ4v) is 4.81. The number of carbonyl (C=O) groups is 1. The Morgan fingerprint density at radius 1 is 1.33 bits per heavy atom. The summed E-state index contributed by atoms with van der Waals surface area (Å²) in [5.74, 6) is 1.77. The SMILES string of the molecule is Cc1cc(C)cc(CSCC(=O)N2CC[C@@]3(O)CCNC[C@H]3C2)c1. The number of aliphatic hydroxyl groups is 1. The third-order valence-electron chi connectivity index (χ3n) is 5.27. The van der Waals surface area contributed by atoms with Crippen molar-refractivity contribution in [1.82, 2.24) is 10.2 Å². The second kappa shape index (κ2) is 7.46. The van der Waals surface area contributed by atoms with Gasteiger partial charge in [-0.3, -0.25) is 4.79 Å². The highest BCUT2D eigenvalue weighted by atomic mass is 32.2. The Morgan fingerprint density at radius 3 is 2.83 bits per heavy atom. The van der Waals surface area contributed by atoms with Crippen LogP contribution >= 0.6 is 11.8 Å². The molecule has 0 saturated carbocycles. The minimum atomic E-state index is -0.561. The Kier molecular flexibility index (Phi) is 5.52. The van der Waals surface area contributed by atoms with Crippen LogP contribution in [0.2, 0.25) is 0 Å². The molecule has 4 nitrogen and oxygen atoms in total. The fraction of sp³-hybridized carbons (Fsp3) is 0.632. The van der Waals surface area contributed by atoms with Gasteiger partial charge in [0.1, 0.15) is 0 Å². The van der Waals surface area contributed by atoms with Crippen molar-refractivity contribution >= 4 is 17.7 Å². The Morgan fingerprint density at radius 2 is 2.08 bits per heavy atom. The van der Waals surface area contributed by atoms with E-state index in [9.17, 15) is 9.90 Å². The van der Waals surface area contributed by atoms with E-state index in [4.69, 9.17) is 0 Å². The second-order valence-electron chi connectivity index (χ2n) is 7.33. The molecule has 2 heterocycles. The topological polar surface area (TPSA) is 52.6 Å². The van der Waals surface area contributed by atoms with E-state index in [1.165, 1.54) is 16.7 Å². The van der Waals surface area contributed by atoms with Crippen molar-refractivity contribution in [3.8, 4) is 0 Å². The molecular weight excluding hydrogens is 320 g/mol. The van der Waals surface area contributed by atoms with Crippen molar-refractivity contribution in [2.75, 3.05) is 31.9 Å². The molecule has 0 aliphatic carbocycles. The zero-order valence-electron chi connectivity index (χ0n) is 14.7. The van der Waals surface area contributed by atoms with E-state index in [1.807, 2.05) is 4.90 Å². The molecule has 2 aliphatic rings. The van der Waals surface area contributed by atoms with Crippen LogP contribution in [-0.4, -0.2) is 53.4 Å². The lowest BCUT2D eigenvalue weighted by atomic mass is 9.76. The third-order valence-corrected chi connectivity index (χ3v) is 6.26. The number of benzene rings is 1. The summed E-state index contributed by atoms with van der Waals surface area (Å²) in [6, 6.07) is 6.56. The monoisotopic (exact) mass is 348 g/mol.